The molecule has 1 unspecified atom stereocenters. The number of pyridine rings is 2. The summed E-state index contributed by atoms with van der Waals surface area (Å²) in [6.45, 7) is 13.4. The minimum atomic E-state index is 0.0489. The van der Waals surface area contributed by atoms with Crippen LogP contribution < -0.4 is 5.43 Å². The van der Waals surface area contributed by atoms with Crippen molar-refractivity contribution in [3.8, 4) is 11.1 Å². The van der Waals surface area contributed by atoms with Crippen molar-refractivity contribution >= 4 is 0 Å². The highest BCUT2D eigenvalue weighted by molar-refractivity contribution is 5.74. The third-order valence-electron chi connectivity index (χ3n) is 6.27. The third kappa shape index (κ3) is 5.13. The lowest BCUT2D eigenvalue weighted by Crippen LogP contribution is -2.25. The second-order valence-electron chi connectivity index (χ2n) is 9.70. The van der Waals surface area contributed by atoms with Crippen molar-refractivity contribution < 1.29 is 0 Å². The lowest BCUT2D eigenvalue weighted by Gasteiger charge is -2.30. The molecular weight excluding hydrogens is 382 g/mol. The van der Waals surface area contributed by atoms with E-state index in [0.717, 1.165) is 18.5 Å². The first-order chi connectivity index (χ1) is 14.8. The van der Waals surface area contributed by atoms with E-state index in [4.69, 9.17) is 4.98 Å². The molecule has 0 spiro atoms. The summed E-state index contributed by atoms with van der Waals surface area (Å²) in [4.78, 5) is 9.95. The van der Waals surface area contributed by atoms with Gasteiger partial charge in [0.2, 0.25) is 0 Å². The summed E-state index contributed by atoms with van der Waals surface area (Å²) < 4.78 is 0. The van der Waals surface area contributed by atoms with Gasteiger partial charge in [0, 0.05) is 28.8 Å². The van der Waals surface area contributed by atoms with E-state index < -0.39 is 0 Å². The summed E-state index contributed by atoms with van der Waals surface area (Å²) in [7, 11) is 1.71. The van der Waals surface area contributed by atoms with E-state index in [2.05, 4.69) is 74.4 Å². The fraction of sp³-hybridized carbons (Fsp3) is 0.615. The Balaban J connectivity index is 2.38. The van der Waals surface area contributed by atoms with Crippen LogP contribution >= 0.6 is 0 Å². The number of nitrogens with one attached hydrogen (secondary N) is 1. The van der Waals surface area contributed by atoms with Gasteiger partial charge in [-0.25, -0.2) is 0 Å². The zero-order valence-corrected chi connectivity index (χ0v) is 20.4. The Hall–Kier alpha value is -2.30. The van der Waals surface area contributed by atoms with Crippen LogP contribution in [0.15, 0.2) is 28.7 Å². The number of rotatable bonds is 7. The van der Waals surface area contributed by atoms with Gasteiger partial charge in [-0.2, -0.15) is 5.11 Å². The maximum absolute atomic E-state index is 5.30. The third-order valence-corrected chi connectivity index (χ3v) is 6.27. The van der Waals surface area contributed by atoms with Crippen LogP contribution in [0.5, 0.6) is 0 Å². The number of nitrogens with zero attached hydrogens (tertiary/aromatic N) is 4. The highest BCUT2D eigenvalue weighted by Gasteiger charge is 2.30. The van der Waals surface area contributed by atoms with Crippen LogP contribution in [0.25, 0.3) is 11.1 Å². The van der Waals surface area contributed by atoms with Crippen LogP contribution in [0.4, 0.5) is 0 Å². The normalized spacial score (nSPS) is 15.5. The van der Waals surface area contributed by atoms with Crippen molar-refractivity contribution in [2.24, 2.45) is 16.3 Å². The Morgan fingerprint density at radius 3 is 2.35 bits per heavy atom. The predicted octanol–water partition coefficient (Wildman–Crippen LogP) is 6.94. The molecule has 0 amide bonds. The lowest BCUT2D eigenvalue weighted by molar-refractivity contribution is 0.406. The first-order valence-electron chi connectivity index (χ1n) is 11.9. The summed E-state index contributed by atoms with van der Waals surface area (Å²) in [6, 6.07) is 4.52. The van der Waals surface area contributed by atoms with Crippen molar-refractivity contribution in [3.05, 3.63) is 46.5 Å². The molecule has 0 saturated heterocycles. The van der Waals surface area contributed by atoms with Crippen molar-refractivity contribution in [1.82, 2.24) is 15.4 Å². The summed E-state index contributed by atoms with van der Waals surface area (Å²) in [5.41, 5.74) is 12.3. The molecular formula is C26H39N5. The topological polar surface area (TPSA) is 62.5 Å². The van der Waals surface area contributed by atoms with E-state index in [9.17, 15) is 0 Å². The number of aryl methyl sites for hydroxylation is 1. The van der Waals surface area contributed by atoms with Gasteiger partial charge in [0.05, 0.1) is 13.1 Å². The fourth-order valence-corrected chi connectivity index (χ4v) is 4.63. The molecule has 0 aromatic carbocycles. The van der Waals surface area contributed by atoms with Gasteiger partial charge >= 0.3 is 0 Å². The van der Waals surface area contributed by atoms with E-state index in [-0.39, 0.29) is 6.04 Å². The Kier molecular flexibility index (Phi) is 7.79. The Morgan fingerprint density at radius 2 is 1.71 bits per heavy atom. The monoisotopic (exact) mass is 421 g/mol. The van der Waals surface area contributed by atoms with Crippen molar-refractivity contribution in [1.29, 1.82) is 0 Å². The first kappa shape index (κ1) is 23.4. The van der Waals surface area contributed by atoms with Gasteiger partial charge < -0.3 is 0 Å². The average molecular weight is 422 g/mol. The molecule has 5 nitrogen and oxygen atoms in total. The molecule has 0 fully saturated rings. The van der Waals surface area contributed by atoms with Crippen LogP contribution in [-0.2, 0) is 12.8 Å². The Bertz CT molecular complexity index is 914. The molecule has 1 N–H and O–H groups in total. The SMILES string of the molecule is CN=NNC(c1c(C(C)C)nc2c(c1-c1ccnc(C(C)C)c1)CCCCC2)C(C)C. The zero-order chi connectivity index (χ0) is 22.5. The molecule has 0 radical (unpaired) electrons. The summed E-state index contributed by atoms with van der Waals surface area (Å²) in [5, 5.41) is 8.20. The van der Waals surface area contributed by atoms with E-state index >= 15 is 0 Å². The molecule has 0 aliphatic heterocycles. The van der Waals surface area contributed by atoms with Crippen LogP contribution in [0, 0.1) is 5.92 Å². The molecule has 2 aromatic rings. The molecule has 2 aromatic heterocycles. The Morgan fingerprint density at radius 1 is 0.968 bits per heavy atom. The van der Waals surface area contributed by atoms with Gasteiger partial charge in [-0.3, -0.25) is 15.4 Å². The van der Waals surface area contributed by atoms with Crippen molar-refractivity contribution in [2.75, 3.05) is 7.05 Å². The minimum absolute atomic E-state index is 0.0489. The smallest absolute Gasteiger partial charge is 0.0753 e. The van der Waals surface area contributed by atoms with E-state index in [1.165, 1.54) is 52.9 Å². The molecule has 3 rings (SSSR count). The van der Waals surface area contributed by atoms with Gasteiger partial charge in [0.15, 0.2) is 0 Å². The average Bonchev–Trinajstić information content (AvgIpc) is 2.98. The van der Waals surface area contributed by atoms with Crippen LogP contribution in [0.3, 0.4) is 0 Å². The molecule has 1 atom stereocenters. The van der Waals surface area contributed by atoms with Gasteiger partial charge in [-0.1, -0.05) is 53.2 Å². The molecule has 1 aliphatic rings. The number of hydrogen-bond acceptors (Lipinski definition) is 4. The predicted molar refractivity (Wildman–Crippen MR) is 128 cm³/mol. The van der Waals surface area contributed by atoms with Crippen molar-refractivity contribution in [2.45, 2.75) is 91.5 Å². The van der Waals surface area contributed by atoms with Crippen LogP contribution in [-0.4, -0.2) is 17.0 Å². The zero-order valence-electron chi connectivity index (χ0n) is 20.4. The lowest BCUT2D eigenvalue weighted by atomic mass is 9.81. The second kappa shape index (κ2) is 10.3. The highest BCUT2D eigenvalue weighted by atomic mass is 15.4. The van der Waals surface area contributed by atoms with E-state index in [1.807, 2.05) is 6.20 Å². The molecule has 5 heteroatoms. The summed E-state index contributed by atoms with van der Waals surface area (Å²) >= 11 is 0. The number of aromatic nitrogens is 2. The maximum Gasteiger partial charge on any atom is 0.0753 e. The molecule has 31 heavy (non-hydrogen) atoms. The van der Waals surface area contributed by atoms with Crippen LogP contribution in [0.1, 0.15) is 107 Å². The largest absolute Gasteiger partial charge is 0.284 e. The summed E-state index contributed by atoms with van der Waals surface area (Å²) in [6.07, 6.45) is 7.84. The van der Waals surface area contributed by atoms with E-state index in [1.54, 1.807) is 7.05 Å². The molecule has 0 bridgehead atoms. The van der Waals surface area contributed by atoms with Crippen molar-refractivity contribution in [3.63, 3.8) is 0 Å². The van der Waals surface area contributed by atoms with Gasteiger partial charge in [0.25, 0.3) is 0 Å². The second-order valence-corrected chi connectivity index (χ2v) is 9.70. The number of fused-ring (bicyclic) bond motifs is 1. The highest BCUT2D eigenvalue weighted by Crippen LogP contribution is 2.42. The standard InChI is InChI=1S/C26H39N5/c1-16(2)22-15-19(13-14-28-22)23-20-11-9-8-10-12-21(20)29-25(17(3)4)24(23)26(18(5)6)30-31-27-7/h13-18,26H,8-12H2,1-7H3,(H,27,30). The quantitative estimate of drug-likeness (QED) is 0.299. The van der Waals surface area contributed by atoms with Crippen LogP contribution in [0.2, 0.25) is 0 Å². The first-order valence-corrected chi connectivity index (χ1v) is 11.9. The maximum atomic E-state index is 5.30. The fourth-order valence-electron chi connectivity index (χ4n) is 4.63. The number of hydrogen-bond donors (Lipinski definition) is 1. The molecule has 168 valence electrons. The van der Waals surface area contributed by atoms with Gasteiger partial charge in [-0.15, -0.1) is 0 Å². The van der Waals surface area contributed by atoms with E-state index in [0.29, 0.717) is 17.8 Å². The molecule has 1 aliphatic carbocycles. The van der Waals surface area contributed by atoms with Gasteiger partial charge in [-0.05, 0) is 72.3 Å². The van der Waals surface area contributed by atoms with Gasteiger partial charge in [0.1, 0.15) is 0 Å². The molecule has 0 saturated carbocycles. The summed E-state index contributed by atoms with van der Waals surface area (Å²) in [5.74, 6) is 1.07. The molecule has 2 heterocycles. The Labute approximate surface area is 188 Å². The minimum Gasteiger partial charge on any atom is -0.284 e.